The standard InChI is InChI=1S/C27H30B3FN4O3/c1-26(2,38)12-11-18-3-6-20-7-10-22(24(36)35(23(20)14-18)27(28,29)30)33-25(37)34-16-19(15-32-34)13-17-4-8-21(31)9-5-17/h3-6,8-9,14-16,22,38H,7,10,13,28-30H2,1-2H3,(H,33,37)/t22-/m0/s1. The number of aliphatic hydroxyl groups is 1. The van der Waals surface area contributed by atoms with E-state index in [1.54, 1.807) is 43.3 Å². The number of anilines is 1. The van der Waals surface area contributed by atoms with Gasteiger partial charge in [-0.3, -0.25) is 4.79 Å². The summed E-state index contributed by atoms with van der Waals surface area (Å²) in [7, 11) is 5.84. The minimum Gasteiger partial charge on any atom is -0.378 e. The van der Waals surface area contributed by atoms with E-state index in [9.17, 15) is 19.1 Å². The van der Waals surface area contributed by atoms with Crippen LogP contribution in [0.4, 0.5) is 14.9 Å². The summed E-state index contributed by atoms with van der Waals surface area (Å²) in [4.78, 5) is 28.6. The molecule has 2 heterocycles. The molecule has 2 aromatic carbocycles. The zero-order valence-electron chi connectivity index (χ0n) is 22.4. The normalized spacial score (nSPS) is 15.7. The first-order chi connectivity index (χ1) is 17.8. The summed E-state index contributed by atoms with van der Waals surface area (Å²) in [5, 5.41) is 16.5. The molecule has 2 amide bonds. The predicted octanol–water partition coefficient (Wildman–Crippen LogP) is 0.152. The first-order valence-corrected chi connectivity index (χ1v) is 12.6. The van der Waals surface area contributed by atoms with Gasteiger partial charge in [0.25, 0.3) is 0 Å². The number of rotatable bonds is 4. The van der Waals surface area contributed by atoms with Crippen LogP contribution in [0.1, 0.15) is 42.5 Å². The lowest BCUT2D eigenvalue weighted by Gasteiger charge is -2.38. The highest BCUT2D eigenvalue weighted by Gasteiger charge is 2.37. The van der Waals surface area contributed by atoms with Gasteiger partial charge in [-0.25, -0.2) is 9.18 Å². The molecule has 4 rings (SSSR count). The zero-order chi connectivity index (χ0) is 27.7. The van der Waals surface area contributed by atoms with E-state index < -0.39 is 22.9 Å². The lowest BCUT2D eigenvalue weighted by molar-refractivity contribution is -0.120. The van der Waals surface area contributed by atoms with Gasteiger partial charge in [-0.05, 0) is 72.9 Å². The lowest BCUT2D eigenvalue weighted by atomic mass is 9.48. The largest absolute Gasteiger partial charge is 0.378 e. The molecule has 0 fully saturated rings. The topological polar surface area (TPSA) is 87.5 Å². The summed E-state index contributed by atoms with van der Waals surface area (Å²) in [6.07, 6.45) is 4.73. The van der Waals surface area contributed by atoms with Crippen molar-refractivity contribution in [3.63, 3.8) is 0 Å². The van der Waals surface area contributed by atoms with Crippen LogP contribution in [-0.4, -0.2) is 67.2 Å². The smallest absolute Gasteiger partial charge is 0.342 e. The van der Waals surface area contributed by atoms with E-state index in [1.807, 2.05) is 41.7 Å². The molecular weight excluding hydrogens is 480 g/mol. The summed E-state index contributed by atoms with van der Waals surface area (Å²) >= 11 is 0. The van der Waals surface area contributed by atoms with Gasteiger partial charge >= 0.3 is 6.03 Å². The molecule has 0 saturated carbocycles. The highest BCUT2D eigenvalue weighted by atomic mass is 19.1. The number of nitrogens with one attached hydrogen (secondary N) is 1. The van der Waals surface area contributed by atoms with E-state index in [1.165, 1.54) is 16.8 Å². The van der Waals surface area contributed by atoms with E-state index >= 15 is 0 Å². The number of hydrogen-bond donors (Lipinski definition) is 2. The Morgan fingerprint density at radius 1 is 1.18 bits per heavy atom. The van der Waals surface area contributed by atoms with Gasteiger partial charge < -0.3 is 15.3 Å². The predicted molar refractivity (Wildman–Crippen MR) is 153 cm³/mol. The third-order valence-corrected chi connectivity index (χ3v) is 6.19. The van der Waals surface area contributed by atoms with Crippen molar-refractivity contribution in [2.45, 2.75) is 50.0 Å². The molecule has 0 saturated heterocycles. The van der Waals surface area contributed by atoms with Crippen LogP contribution in [0, 0.1) is 17.7 Å². The van der Waals surface area contributed by atoms with Crippen LogP contribution in [-0.2, 0) is 17.6 Å². The maximum atomic E-state index is 13.8. The fourth-order valence-electron chi connectivity index (χ4n) is 4.43. The Hall–Kier alpha value is -3.77. The second-order valence-electron chi connectivity index (χ2n) is 11.1. The maximum absolute atomic E-state index is 13.8. The van der Waals surface area contributed by atoms with Crippen LogP contribution in [0.2, 0.25) is 0 Å². The van der Waals surface area contributed by atoms with Gasteiger partial charge in [0.1, 0.15) is 41.0 Å². The number of aryl methyl sites for hydroxylation is 1. The summed E-state index contributed by atoms with van der Waals surface area (Å²) in [6, 6.07) is 10.6. The zero-order valence-corrected chi connectivity index (χ0v) is 22.4. The fourth-order valence-corrected chi connectivity index (χ4v) is 4.43. The molecule has 11 heteroatoms. The van der Waals surface area contributed by atoms with E-state index in [0.717, 1.165) is 22.4 Å². The van der Waals surface area contributed by atoms with Crippen LogP contribution in [0.3, 0.4) is 0 Å². The fraction of sp³-hybridized carbons (Fsp3) is 0.296. The number of halogens is 1. The first-order valence-electron chi connectivity index (χ1n) is 12.6. The molecule has 0 radical (unpaired) electrons. The number of benzene rings is 2. The molecule has 0 unspecified atom stereocenters. The molecule has 1 atom stereocenters. The van der Waals surface area contributed by atoms with Crippen LogP contribution in [0.5, 0.6) is 0 Å². The molecule has 0 bridgehead atoms. The molecule has 0 aliphatic carbocycles. The molecule has 1 aliphatic rings. The van der Waals surface area contributed by atoms with E-state index in [0.29, 0.717) is 24.8 Å². The molecule has 7 nitrogen and oxygen atoms in total. The van der Waals surface area contributed by atoms with E-state index in [2.05, 4.69) is 22.3 Å². The molecule has 38 heavy (non-hydrogen) atoms. The summed E-state index contributed by atoms with van der Waals surface area (Å²) in [6.45, 7) is 3.24. The number of hydrogen-bond acceptors (Lipinski definition) is 4. The molecule has 1 aliphatic heterocycles. The monoisotopic (exact) mass is 510 g/mol. The van der Waals surface area contributed by atoms with Crippen LogP contribution < -0.4 is 10.2 Å². The number of aromatic nitrogens is 2. The van der Waals surface area contributed by atoms with Gasteiger partial charge in [0.05, 0.1) is 6.20 Å². The van der Waals surface area contributed by atoms with Crippen molar-refractivity contribution >= 4 is 41.2 Å². The Bertz CT molecular complexity index is 1420. The van der Waals surface area contributed by atoms with Crippen LogP contribution >= 0.6 is 0 Å². The summed E-state index contributed by atoms with van der Waals surface area (Å²) in [5.41, 5.74) is 2.99. The molecule has 2 N–H and O–H groups in total. The second-order valence-corrected chi connectivity index (χ2v) is 11.1. The van der Waals surface area contributed by atoms with Crippen molar-refractivity contribution in [3.05, 3.63) is 82.9 Å². The number of carbonyl (C=O) groups excluding carboxylic acids is 2. The first kappa shape index (κ1) is 27.3. The number of carbonyl (C=O) groups is 2. The molecule has 192 valence electrons. The third-order valence-electron chi connectivity index (χ3n) is 6.19. The highest BCUT2D eigenvalue weighted by Crippen LogP contribution is 2.31. The number of nitrogens with zero attached hydrogens (tertiary/aromatic N) is 3. The third kappa shape index (κ3) is 6.56. The van der Waals surface area contributed by atoms with Crippen molar-refractivity contribution < 1.29 is 19.1 Å². The molecule has 0 spiro atoms. The number of fused-ring (bicyclic) bond motifs is 1. The van der Waals surface area contributed by atoms with Crippen molar-refractivity contribution in [3.8, 4) is 11.8 Å². The van der Waals surface area contributed by atoms with E-state index in [4.69, 9.17) is 0 Å². The quantitative estimate of drug-likeness (QED) is 0.387. The minimum absolute atomic E-state index is 0.212. The second kappa shape index (κ2) is 10.5. The average Bonchev–Trinajstić information content (AvgIpc) is 3.24. The summed E-state index contributed by atoms with van der Waals surface area (Å²) in [5.74, 6) is 5.29. The summed E-state index contributed by atoms with van der Waals surface area (Å²) < 4.78 is 14.4. The highest BCUT2D eigenvalue weighted by molar-refractivity contribution is 6.62. The molecular formula is C27H30B3FN4O3. The van der Waals surface area contributed by atoms with Gasteiger partial charge in [-0.15, -0.1) is 0 Å². The maximum Gasteiger partial charge on any atom is 0.342 e. The Labute approximate surface area is 225 Å². The molecule has 1 aromatic heterocycles. The van der Waals surface area contributed by atoms with Gasteiger partial charge in [-0.2, -0.15) is 9.78 Å². The van der Waals surface area contributed by atoms with Crippen molar-refractivity contribution in [1.29, 1.82) is 0 Å². The van der Waals surface area contributed by atoms with Gasteiger partial charge in [0, 0.05) is 23.9 Å². The Balaban J connectivity index is 1.55. The van der Waals surface area contributed by atoms with Crippen LogP contribution in [0.15, 0.2) is 54.9 Å². The van der Waals surface area contributed by atoms with Gasteiger partial charge in [0.15, 0.2) is 0 Å². The van der Waals surface area contributed by atoms with Gasteiger partial charge in [0.2, 0.25) is 5.91 Å². The molecule has 3 aromatic rings. The Kier molecular flexibility index (Phi) is 7.57. The van der Waals surface area contributed by atoms with Crippen molar-refractivity contribution in [2.75, 3.05) is 4.90 Å². The van der Waals surface area contributed by atoms with Crippen molar-refractivity contribution in [1.82, 2.24) is 15.1 Å². The average molecular weight is 510 g/mol. The number of amides is 2. The lowest BCUT2D eigenvalue weighted by Crippen LogP contribution is -2.59. The van der Waals surface area contributed by atoms with Crippen molar-refractivity contribution in [2.24, 2.45) is 0 Å². The Morgan fingerprint density at radius 2 is 1.89 bits per heavy atom. The SMILES string of the molecule is BC(B)(B)N1C(=O)[C@@H](NC(=O)n2cc(Cc3ccc(F)cc3)cn2)CCc2ccc(C#CC(C)(C)O)cc21. The Morgan fingerprint density at radius 3 is 2.55 bits per heavy atom. The minimum atomic E-state index is -1.13. The van der Waals surface area contributed by atoms with Crippen LogP contribution in [0.25, 0.3) is 0 Å². The van der Waals surface area contributed by atoms with E-state index in [-0.39, 0.29) is 11.7 Å². The van der Waals surface area contributed by atoms with Gasteiger partial charge in [-0.1, -0.05) is 30.0 Å².